The number of ketones is 1. The minimum absolute atomic E-state index is 0.0503. The van der Waals surface area contributed by atoms with Crippen LogP contribution in [0.5, 0.6) is 0 Å². The van der Waals surface area contributed by atoms with E-state index in [1.54, 1.807) is 14.0 Å². The lowest BCUT2D eigenvalue weighted by molar-refractivity contribution is -0.117. The second-order valence-corrected chi connectivity index (χ2v) is 5.28. The second-order valence-electron chi connectivity index (χ2n) is 4.22. The van der Waals surface area contributed by atoms with Crippen LogP contribution in [0.2, 0.25) is 0 Å². The van der Waals surface area contributed by atoms with Crippen molar-refractivity contribution in [3.8, 4) is 0 Å². The van der Waals surface area contributed by atoms with Gasteiger partial charge < -0.3 is 4.74 Å². The summed E-state index contributed by atoms with van der Waals surface area (Å²) in [5.74, 6) is -0.509. The molecule has 1 amide bonds. The first kappa shape index (κ1) is 15.2. The van der Waals surface area contributed by atoms with Crippen molar-refractivity contribution in [2.75, 3.05) is 12.4 Å². The number of rotatable bonds is 6. The summed E-state index contributed by atoms with van der Waals surface area (Å²) >= 11 is 1.23. The van der Waals surface area contributed by atoms with Gasteiger partial charge >= 0.3 is 0 Å². The van der Waals surface area contributed by atoms with Crippen molar-refractivity contribution < 1.29 is 14.3 Å². The van der Waals surface area contributed by atoms with Crippen molar-refractivity contribution in [3.63, 3.8) is 0 Å². The number of nitrogens with one attached hydrogen (secondary N) is 1. The first-order chi connectivity index (χ1) is 10.0. The minimum Gasteiger partial charge on any atom is -0.377 e. The van der Waals surface area contributed by atoms with Crippen LogP contribution in [0, 0.1) is 6.92 Å². The van der Waals surface area contributed by atoms with Crippen molar-refractivity contribution in [2.24, 2.45) is 0 Å². The van der Waals surface area contributed by atoms with Crippen LogP contribution >= 0.6 is 11.3 Å². The van der Waals surface area contributed by atoms with E-state index in [4.69, 9.17) is 4.74 Å². The Bertz CT molecular complexity index is 665. The molecule has 0 unspecified atom stereocenters. The molecule has 2 rings (SSSR count). The zero-order chi connectivity index (χ0) is 15.4. The number of methoxy groups -OCH3 is 1. The quantitative estimate of drug-likeness (QED) is 0.770. The van der Waals surface area contributed by atoms with E-state index in [0.29, 0.717) is 22.4 Å². The number of carbonyl (C=O) groups is 2. The number of anilines is 1. The maximum absolute atomic E-state index is 11.9. The monoisotopic (exact) mass is 310 g/mol. The van der Waals surface area contributed by atoms with Gasteiger partial charge in [0, 0.05) is 14.0 Å². The van der Waals surface area contributed by atoms with E-state index < -0.39 is 0 Å². The lowest BCUT2D eigenvalue weighted by Crippen LogP contribution is -2.20. The number of amides is 1. The molecule has 0 atom stereocenters. The number of Topliss-reactive ketones (excluding diaryl/α,β-unsaturated/α-hetero) is 1. The Labute approximate surface area is 124 Å². The maximum Gasteiger partial charge on any atom is 0.248 e. The molecule has 2 heterocycles. The van der Waals surface area contributed by atoms with E-state index in [1.165, 1.54) is 22.9 Å². The molecule has 21 heavy (non-hydrogen) atoms. The molecule has 0 bridgehead atoms. The number of aromatic nitrogens is 5. The van der Waals surface area contributed by atoms with Crippen molar-refractivity contribution in [1.82, 2.24) is 25.2 Å². The topological polar surface area (TPSA) is 112 Å². The third-order valence-corrected chi connectivity index (χ3v) is 3.40. The number of hydrogen-bond donors (Lipinski definition) is 1. The van der Waals surface area contributed by atoms with E-state index in [9.17, 15) is 9.59 Å². The molecule has 0 saturated carbocycles. The summed E-state index contributed by atoms with van der Waals surface area (Å²) in [5.41, 5.74) is 0.816. The van der Waals surface area contributed by atoms with Gasteiger partial charge in [0.15, 0.2) is 11.5 Å². The number of ether oxygens (including phenoxy) is 1. The molecule has 112 valence electrons. The highest BCUT2D eigenvalue weighted by Crippen LogP contribution is 2.15. The van der Waals surface area contributed by atoms with Crippen LogP contribution in [0.1, 0.15) is 28.1 Å². The Morgan fingerprint density at radius 2 is 2.10 bits per heavy atom. The third kappa shape index (κ3) is 3.67. The number of hydrogen-bond acceptors (Lipinski definition) is 8. The summed E-state index contributed by atoms with van der Waals surface area (Å²) in [7, 11) is 1.56. The molecular formula is C11H14N6O3S. The van der Waals surface area contributed by atoms with Gasteiger partial charge in [-0.15, -0.1) is 15.3 Å². The molecule has 0 spiro atoms. The highest BCUT2D eigenvalue weighted by atomic mass is 32.1. The lowest BCUT2D eigenvalue weighted by atomic mass is 10.2. The molecule has 0 fully saturated rings. The molecule has 0 saturated heterocycles. The van der Waals surface area contributed by atoms with Gasteiger partial charge in [-0.2, -0.15) is 0 Å². The Morgan fingerprint density at radius 1 is 1.33 bits per heavy atom. The summed E-state index contributed by atoms with van der Waals surface area (Å²) < 4.78 is 6.29. The summed E-state index contributed by atoms with van der Waals surface area (Å²) in [5, 5.41) is 18.9. The molecule has 10 heteroatoms. The average molecular weight is 310 g/mol. The van der Waals surface area contributed by atoms with Gasteiger partial charge in [-0.25, -0.2) is 4.68 Å². The van der Waals surface area contributed by atoms with Gasteiger partial charge in [-0.3, -0.25) is 14.9 Å². The summed E-state index contributed by atoms with van der Waals surface area (Å²) in [6, 6.07) is 0. The summed E-state index contributed by atoms with van der Waals surface area (Å²) in [6.45, 7) is 3.38. The zero-order valence-corrected chi connectivity index (χ0v) is 12.6. The smallest absolute Gasteiger partial charge is 0.248 e. The predicted octanol–water partition coefficient (Wildman–Crippen LogP) is 0.426. The van der Waals surface area contributed by atoms with Crippen molar-refractivity contribution in [2.45, 2.75) is 27.0 Å². The molecule has 0 aliphatic heterocycles. The van der Waals surface area contributed by atoms with E-state index in [-0.39, 0.29) is 23.9 Å². The Hall–Kier alpha value is -2.20. The van der Waals surface area contributed by atoms with Crippen LogP contribution < -0.4 is 5.32 Å². The molecule has 2 aromatic heterocycles. The largest absolute Gasteiger partial charge is 0.377 e. The lowest BCUT2D eigenvalue weighted by Gasteiger charge is -2.02. The summed E-state index contributed by atoms with van der Waals surface area (Å²) in [6.07, 6.45) is 0. The van der Waals surface area contributed by atoms with Crippen LogP contribution in [0.25, 0.3) is 0 Å². The van der Waals surface area contributed by atoms with Gasteiger partial charge in [0.25, 0.3) is 0 Å². The Kier molecular flexibility index (Phi) is 4.70. The summed E-state index contributed by atoms with van der Waals surface area (Å²) in [4.78, 5) is 23.2. The van der Waals surface area contributed by atoms with Gasteiger partial charge in [-0.05, 0) is 6.92 Å². The van der Waals surface area contributed by atoms with Crippen LogP contribution in [0.4, 0.5) is 5.13 Å². The van der Waals surface area contributed by atoms with E-state index in [2.05, 4.69) is 25.8 Å². The number of carbonyl (C=O) groups excluding carboxylic acids is 2. The van der Waals surface area contributed by atoms with E-state index >= 15 is 0 Å². The molecule has 0 radical (unpaired) electrons. The van der Waals surface area contributed by atoms with Crippen molar-refractivity contribution >= 4 is 28.2 Å². The van der Waals surface area contributed by atoms with Crippen LogP contribution in [-0.2, 0) is 22.7 Å². The average Bonchev–Trinajstić information content (AvgIpc) is 2.98. The SMILES string of the molecule is COCc1nnc(NC(=O)Cn2nnc(C(C)=O)c2C)s1. The normalized spacial score (nSPS) is 10.6. The van der Waals surface area contributed by atoms with Crippen molar-refractivity contribution in [3.05, 3.63) is 16.4 Å². The standard InChI is InChI=1S/C11H14N6O3S/c1-6-10(7(2)18)14-16-17(6)4-8(19)12-11-15-13-9(21-11)5-20-3/h4-5H2,1-3H3,(H,12,15,19). The van der Waals surface area contributed by atoms with Crippen molar-refractivity contribution in [1.29, 1.82) is 0 Å². The fourth-order valence-corrected chi connectivity index (χ4v) is 2.34. The number of nitrogens with zero attached hydrogens (tertiary/aromatic N) is 5. The first-order valence-electron chi connectivity index (χ1n) is 6.03. The highest BCUT2D eigenvalue weighted by Gasteiger charge is 2.15. The van der Waals surface area contributed by atoms with Gasteiger partial charge in [0.1, 0.15) is 18.2 Å². The van der Waals surface area contributed by atoms with Gasteiger partial charge in [-0.1, -0.05) is 16.6 Å². The molecule has 9 nitrogen and oxygen atoms in total. The Balaban J connectivity index is 1.99. The van der Waals surface area contributed by atoms with Crippen LogP contribution in [-0.4, -0.2) is 44.0 Å². The van der Waals surface area contributed by atoms with E-state index in [0.717, 1.165) is 0 Å². The highest BCUT2D eigenvalue weighted by molar-refractivity contribution is 7.15. The molecule has 0 aromatic carbocycles. The minimum atomic E-state index is -0.321. The maximum atomic E-state index is 11.9. The molecule has 0 aliphatic carbocycles. The third-order valence-electron chi connectivity index (χ3n) is 2.59. The zero-order valence-electron chi connectivity index (χ0n) is 11.8. The van der Waals surface area contributed by atoms with Crippen LogP contribution in [0.3, 0.4) is 0 Å². The fraction of sp³-hybridized carbons (Fsp3) is 0.455. The second kappa shape index (κ2) is 6.50. The molecular weight excluding hydrogens is 296 g/mol. The Morgan fingerprint density at radius 3 is 2.71 bits per heavy atom. The molecule has 1 N–H and O–H groups in total. The first-order valence-corrected chi connectivity index (χ1v) is 6.85. The van der Waals surface area contributed by atoms with E-state index in [1.807, 2.05) is 0 Å². The predicted molar refractivity (Wildman–Crippen MR) is 74.0 cm³/mol. The van der Waals surface area contributed by atoms with Crippen LogP contribution in [0.15, 0.2) is 0 Å². The van der Waals surface area contributed by atoms with Gasteiger partial charge in [0.2, 0.25) is 11.0 Å². The molecule has 2 aromatic rings. The van der Waals surface area contributed by atoms with Gasteiger partial charge in [0.05, 0.1) is 5.69 Å². The fourth-order valence-electron chi connectivity index (χ4n) is 1.62. The molecule has 0 aliphatic rings.